The fourth-order valence-corrected chi connectivity index (χ4v) is 2.83. The lowest BCUT2D eigenvalue weighted by atomic mass is 9.85. The molecule has 0 unspecified atom stereocenters. The van der Waals surface area contributed by atoms with E-state index < -0.39 is 0 Å². The molecule has 3 rings (SSSR count). The molecule has 0 spiro atoms. The number of anilines is 1. The van der Waals surface area contributed by atoms with Gasteiger partial charge in [-0.05, 0) is 23.6 Å². The molecule has 0 aliphatic carbocycles. The van der Waals surface area contributed by atoms with Crippen LogP contribution in [-0.2, 0) is 4.79 Å². The van der Waals surface area contributed by atoms with Gasteiger partial charge in [-0.1, -0.05) is 50.6 Å². The monoisotopic (exact) mass is 311 g/mol. The van der Waals surface area contributed by atoms with Crippen LogP contribution < -0.4 is 14.8 Å². The first-order valence-electron chi connectivity index (χ1n) is 7.94. The first-order chi connectivity index (χ1) is 11.2. The molecule has 1 heterocycles. The number of amides is 1. The Kier molecular flexibility index (Phi) is 4.51. The van der Waals surface area contributed by atoms with Crippen LogP contribution in [-0.4, -0.2) is 12.7 Å². The van der Waals surface area contributed by atoms with Crippen LogP contribution >= 0.6 is 0 Å². The van der Waals surface area contributed by atoms with Crippen LogP contribution in [0.1, 0.15) is 31.7 Å². The van der Waals surface area contributed by atoms with Crippen LogP contribution in [0.5, 0.6) is 11.5 Å². The van der Waals surface area contributed by atoms with Crippen LogP contribution in [0.25, 0.3) is 0 Å². The number of fused-ring (bicyclic) bond motifs is 1. The molecule has 2 aromatic carbocycles. The first-order valence-corrected chi connectivity index (χ1v) is 7.94. The highest BCUT2D eigenvalue weighted by Crippen LogP contribution is 2.35. The van der Waals surface area contributed by atoms with Crippen molar-refractivity contribution in [3.05, 3.63) is 54.1 Å². The molecule has 0 fully saturated rings. The van der Waals surface area contributed by atoms with Crippen molar-refractivity contribution in [3.63, 3.8) is 0 Å². The second-order valence-corrected chi connectivity index (χ2v) is 5.83. The molecule has 0 bridgehead atoms. The summed E-state index contributed by atoms with van der Waals surface area (Å²) in [6.07, 6.45) is 0.939. The summed E-state index contributed by atoms with van der Waals surface area (Å²) in [5.41, 5.74) is 1.77. The zero-order valence-corrected chi connectivity index (χ0v) is 13.4. The molecule has 2 atom stereocenters. The van der Waals surface area contributed by atoms with Crippen molar-refractivity contribution in [2.24, 2.45) is 5.92 Å². The van der Waals surface area contributed by atoms with Gasteiger partial charge < -0.3 is 14.8 Å². The van der Waals surface area contributed by atoms with Crippen molar-refractivity contribution < 1.29 is 14.3 Å². The van der Waals surface area contributed by atoms with Gasteiger partial charge in [0.25, 0.3) is 0 Å². The molecule has 1 aliphatic heterocycles. The molecule has 4 heteroatoms. The number of carbonyl (C=O) groups excluding carboxylic acids is 1. The van der Waals surface area contributed by atoms with E-state index in [9.17, 15) is 4.79 Å². The normalized spacial score (nSPS) is 15.0. The van der Waals surface area contributed by atoms with E-state index in [4.69, 9.17) is 9.47 Å². The van der Waals surface area contributed by atoms with Gasteiger partial charge in [-0.2, -0.15) is 0 Å². The van der Waals surface area contributed by atoms with Crippen LogP contribution in [0.3, 0.4) is 0 Å². The summed E-state index contributed by atoms with van der Waals surface area (Å²) in [6, 6.07) is 15.4. The maximum absolute atomic E-state index is 12.8. The summed E-state index contributed by atoms with van der Waals surface area (Å²) in [6.45, 7) is 4.44. The summed E-state index contributed by atoms with van der Waals surface area (Å²) < 4.78 is 10.7. The molecule has 2 aromatic rings. The number of ether oxygens (including phenoxy) is 2. The summed E-state index contributed by atoms with van der Waals surface area (Å²) >= 11 is 0. The average Bonchev–Trinajstić information content (AvgIpc) is 3.03. The van der Waals surface area contributed by atoms with Gasteiger partial charge >= 0.3 is 0 Å². The minimum absolute atomic E-state index is 0.00409. The number of benzene rings is 2. The molecule has 1 N–H and O–H groups in total. The Labute approximate surface area is 136 Å². The smallest absolute Gasteiger partial charge is 0.232 e. The van der Waals surface area contributed by atoms with E-state index in [1.54, 1.807) is 6.07 Å². The van der Waals surface area contributed by atoms with Crippen molar-refractivity contribution in [2.45, 2.75) is 26.2 Å². The Bertz CT molecular complexity index is 684. The van der Waals surface area contributed by atoms with Gasteiger partial charge in [0, 0.05) is 11.8 Å². The second kappa shape index (κ2) is 6.73. The van der Waals surface area contributed by atoms with E-state index >= 15 is 0 Å². The maximum atomic E-state index is 12.8. The summed E-state index contributed by atoms with van der Waals surface area (Å²) in [5, 5.41) is 3.01. The molecular weight excluding hydrogens is 290 g/mol. The summed E-state index contributed by atoms with van der Waals surface area (Å²) in [4.78, 5) is 12.8. The van der Waals surface area contributed by atoms with Crippen molar-refractivity contribution in [1.82, 2.24) is 0 Å². The SMILES string of the molecule is CC[C@H](C)[C@H](C(=O)Nc1ccc2c(c1)OCO2)c1ccccc1. The summed E-state index contributed by atoms with van der Waals surface area (Å²) in [5.74, 6) is 1.47. The standard InChI is InChI=1S/C19H21NO3/c1-3-13(2)18(14-7-5-4-6-8-14)19(21)20-15-9-10-16-17(11-15)23-12-22-16/h4-11,13,18H,3,12H2,1-2H3,(H,20,21)/t13-,18-/m0/s1. The van der Waals surface area contributed by atoms with Gasteiger partial charge in [-0.25, -0.2) is 0 Å². The zero-order valence-electron chi connectivity index (χ0n) is 13.4. The number of nitrogens with one attached hydrogen (secondary N) is 1. The molecule has 0 saturated carbocycles. The van der Waals surface area contributed by atoms with Crippen molar-refractivity contribution in [1.29, 1.82) is 0 Å². The van der Waals surface area contributed by atoms with Gasteiger partial charge in [0.2, 0.25) is 12.7 Å². The van der Waals surface area contributed by atoms with E-state index in [2.05, 4.69) is 19.2 Å². The van der Waals surface area contributed by atoms with Crippen LogP contribution in [0.4, 0.5) is 5.69 Å². The predicted molar refractivity (Wildman–Crippen MR) is 89.8 cm³/mol. The molecule has 0 radical (unpaired) electrons. The van der Waals surface area contributed by atoms with Crippen LogP contribution in [0.15, 0.2) is 48.5 Å². The molecule has 120 valence electrons. The minimum atomic E-state index is -0.174. The largest absolute Gasteiger partial charge is 0.454 e. The average molecular weight is 311 g/mol. The van der Waals surface area contributed by atoms with E-state index in [-0.39, 0.29) is 24.5 Å². The molecule has 4 nitrogen and oxygen atoms in total. The fourth-order valence-electron chi connectivity index (χ4n) is 2.83. The Balaban J connectivity index is 1.81. The quantitative estimate of drug-likeness (QED) is 0.901. The molecular formula is C19H21NO3. The molecule has 1 aliphatic rings. The lowest BCUT2D eigenvalue weighted by molar-refractivity contribution is -0.118. The van der Waals surface area contributed by atoms with E-state index in [0.29, 0.717) is 11.5 Å². The maximum Gasteiger partial charge on any atom is 0.232 e. The molecule has 0 saturated heterocycles. The van der Waals surface area contributed by atoms with E-state index in [1.165, 1.54) is 0 Å². The van der Waals surface area contributed by atoms with Gasteiger partial charge in [-0.3, -0.25) is 4.79 Å². The Hall–Kier alpha value is -2.49. The molecule has 0 aromatic heterocycles. The second-order valence-electron chi connectivity index (χ2n) is 5.83. The third-order valence-corrected chi connectivity index (χ3v) is 4.29. The third-order valence-electron chi connectivity index (χ3n) is 4.29. The minimum Gasteiger partial charge on any atom is -0.454 e. The number of hydrogen-bond donors (Lipinski definition) is 1. The lowest BCUT2D eigenvalue weighted by Crippen LogP contribution is -2.26. The van der Waals surface area contributed by atoms with Crippen LogP contribution in [0.2, 0.25) is 0 Å². The van der Waals surface area contributed by atoms with Crippen molar-refractivity contribution in [3.8, 4) is 11.5 Å². The third kappa shape index (κ3) is 3.31. The van der Waals surface area contributed by atoms with Crippen molar-refractivity contribution in [2.75, 3.05) is 12.1 Å². The fraction of sp³-hybridized carbons (Fsp3) is 0.316. The first kappa shape index (κ1) is 15.4. The highest BCUT2D eigenvalue weighted by Gasteiger charge is 2.26. The highest BCUT2D eigenvalue weighted by molar-refractivity contribution is 5.96. The van der Waals surface area contributed by atoms with Gasteiger partial charge in [0.05, 0.1) is 5.92 Å². The van der Waals surface area contributed by atoms with Crippen molar-refractivity contribution >= 4 is 11.6 Å². The highest BCUT2D eigenvalue weighted by atomic mass is 16.7. The van der Waals surface area contributed by atoms with Gasteiger partial charge in [0.15, 0.2) is 11.5 Å². The Morgan fingerprint density at radius 2 is 1.87 bits per heavy atom. The van der Waals surface area contributed by atoms with Gasteiger partial charge in [-0.15, -0.1) is 0 Å². The molecule has 1 amide bonds. The Morgan fingerprint density at radius 3 is 2.61 bits per heavy atom. The number of carbonyl (C=O) groups is 1. The van der Waals surface area contributed by atoms with Gasteiger partial charge in [0.1, 0.15) is 0 Å². The zero-order chi connectivity index (χ0) is 16.2. The molecule has 23 heavy (non-hydrogen) atoms. The summed E-state index contributed by atoms with van der Waals surface area (Å²) in [7, 11) is 0. The predicted octanol–water partition coefficient (Wildman–Crippen LogP) is 4.18. The van der Waals surface area contributed by atoms with E-state index in [1.807, 2.05) is 42.5 Å². The number of rotatable bonds is 5. The van der Waals surface area contributed by atoms with E-state index in [0.717, 1.165) is 17.7 Å². The Morgan fingerprint density at radius 1 is 1.13 bits per heavy atom. The number of hydrogen-bond acceptors (Lipinski definition) is 3. The topological polar surface area (TPSA) is 47.6 Å². The lowest BCUT2D eigenvalue weighted by Gasteiger charge is -2.23. The van der Waals surface area contributed by atoms with Crippen LogP contribution in [0, 0.1) is 5.92 Å².